The molecule has 0 aliphatic rings. The Bertz CT molecular complexity index is 219. The standard InChI is InChI=1S/C4H7NO4S/c1-3-10(7,8)9-5(2)4-6/h3-4H,1H2,2H3. The van der Waals surface area contributed by atoms with E-state index in [4.69, 9.17) is 0 Å². The first-order valence-corrected chi connectivity index (χ1v) is 3.74. The van der Waals surface area contributed by atoms with Crippen molar-refractivity contribution < 1.29 is 17.5 Å². The summed E-state index contributed by atoms with van der Waals surface area (Å²) in [7, 11) is -2.61. The summed E-state index contributed by atoms with van der Waals surface area (Å²) < 4.78 is 24.9. The molecule has 0 aromatic carbocycles. The number of amides is 1. The molecule has 1 amide bonds. The van der Waals surface area contributed by atoms with Crippen LogP contribution in [0.25, 0.3) is 0 Å². The second kappa shape index (κ2) is 3.33. The highest BCUT2D eigenvalue weighted by atomic mass is 32.2. The minimum atomic E-state index is -3.77. The van der Waals surface area contributed by atoms with Crippen molar-refractivity contribution in [3.8, 4) is 0 Å². The molecule has 0 radical (unpaired) electrons. The number of hydroxylamine groups is 2. The molecule has 0 rings (SSSR count). The summed E-state index contributed by atoms with van der Waals surface area (Å²) in [5.74, 6) is 0. The molecule has 6 heteroatoms. The average molecular weight is 165 g/mol. The summed E-state index contributed by atoms with van der Waals surface area (Å²) in [5, 5.41) is 1.13. The Kier molecular flexibility index (Phi) is 3.04. The van der Waals surface area contributed by atoms with Crippen molar-refractivity contribution in [2.45, 2.75) is 0 Å². The van der Waals surface area contributed by atoms with Gasteiger partial charge < -0.3 is 0 Å². The van der Waals surface area contributed by atoms with Crippen LogP contribution in [0, 0.1) is 0 Å². The summed E-state index contributed by atoms with van der Waals surface area (Å²) in [6, 6.07) is 0. The molecule has 0 bridgehead atoms. The fraction of sp³-hybridized carbons (Fsp3) is 0.250. The fourth-order valence-corrected chi connectivity index (χ4v) is 0.636. The second-order valence-corrected chi connectivity index (χ2v) is 2.85. The first kappa shape index (κ1) is 9.12. The van der Waals surface area contributed by atoms with Crippen molar-refractivity contribution in [3.63, 3.8) is 0 Å². The van der Waals surface area contributed by atoms with E-state index in [0.29, 0.717) is 10.5 Å². The van der Waals surface area contributed by atoms with E-state index in [1.807, 2.05) is 0 Å². The lowest BCUT2D eigenvalue weighted by Gasteiger charge is -2.06. The van der Waals surface area contributed by atoms with Gasteiger partial charge in [0.05, 0.1) is 5.41 Å². The van der Waals surface area contributed by atoms with Crippen LogP contribution in [0.1, 0.15) is 0 Å². The zero-order valence-electron chi connectivity index (χ0n) is 5.35. The summed E-state index contributed by atoms with van der Waals surface area (Å²) in [5.41, 5.74) is 0. The van der Waals surface area contributed by atoms with Gasteiger partial charge in [-0.1, -0.05) is 6.58 Å². The van der Waals surface area contributed by atoms with Gasteiger partial charge in [-0.2, -0.15) is 8.42 Å². The Labute approximate surface area is 59.0 Å². The van der Waals surface area contributed by atoms with E-state index in [9.17, 15) is 13.2 Å². The van der Waals surface area contributed by atoms with Crippen molar-refractivity contribution in [3.05, 3.63) is 12.0 Å². The van der Waals surface area contributed by atoms with Gasteiger partial charge in [0.2, 0.25) is 6.41 Å². The van der Waals surface area contributed by atoms with Crippen LogP contribution in [0.2, 0.25) is 0 Å². The molecule has 0 spiro atoms. The summed E-state index contributed by atoms with van der Waals surface area (Å²) in [6.07, 6.45) is 0.223. The summed E-state index contributed by atoms with van der Waals surface area (Å²) in [6.45, 7) is 2.96. The highest BCUT2D eigenvalue weighted by Gasteiger charge is 2.07. The van der Waals surface area contributed by atoms with Gasteiger partial charge in [-0.15, -0.1) is 4.28 Å². The highest BCUT2D eigenvalue weighted by Crippen LogP contribution is 1.94. The van der Waals surface area contributed by atoms with Crippen LogP contribution in [0.3, 0.4) is 0 Å². The third-order valence-electron chi connectivity index (χ3n) is 0.574. The van der Waals surface area contributed by atoms with E-state index in [-0.39, 0.29) is 6.41 Å². The van der Waals surface area contributed by atoms with Gasteiger partial charge in [0.15, 0.2) is 0 Å². The first-order chi connectivity index (χ1) is 4.52. The van der Waals surface area contributed by atoms with Crippen molar-refractivity contribution in [2.24, 2.45) is 0 Å². The molecule has 0 aromatic rings. The quantitative estimate of drug-likeness (QED) is 0.415. The van der Waals surface area contributed by atoms with E-state index in [0.717, 1.165) is 7.05 Å². The molecule has 0 fully saturated rings. The van der Waals surface area contributed by atoms with E-state index in [1.54, 1.807) is 0 Å². The minimum Gasteiger partial charge on any atom is -0.276 e. The van der Waals surface area contributed by atoms with Crippen molar-refractivity contribution in [1.29, 1.82) is 0 Å². The van der Waals surface area contributed by atoms with E-state index >= 15 is 0 Å². The largest absolute Gasteiger partial charge is 0.310 e. The van der Waals surface area contributed by atoms with Crippen LogP contribution in [0.5, 0.6) is 0 Å². The van der Waals surface area contributed by atoms with E-state index in [1.165, 1.54) is 0 Å². The SMILES string of the molecule is C=CS(=O)(=O)ON(C)C=O. The number of rotatable bonds is 4. The monoisotopic (exact) mass is 165 g/mol. The van der Waals surface area contributed by atoms with Gasteiger partial charge in [-0.25, -0.2) is 5.06 Å². The van der Waals surface area contributed by atoms with Gasteiger partial charge in [0, 0.05) is 7.05 Å². The lowest BCUT2D eigenvalue weighted by Crippen LogP contribution is -2.19. The molecule has 0 aromatic heterocycles. The van der Waals surface area contributed by atoms with Crippen LogP contribution in [-0.4, -0.2) is 26.9 Å². The Morgan fingerprint density at radius 2 is 2.10 bits per heavy atom. The molecule has 0 atom stereocenters. The molecule has 0 aliphatic carbocycles. The molecule has 0 saturated carbocycles. The second-order valence-electron chi connectivity index (χ2n) is 1.39. The average Bonchev–Trinajstić information content (AvgIpc) is 1.87. The van der Waals surface area contributed by atoms with Crippen LogP contribution in [-0.2, 0) is 19.2 Å². The Balaban J connectivity index is 4.15. The number of hydrogen-bond donors (Lipinski definition) is 0. The molecule has 0 saturated heterocycles. The lowest BCUT2D eigenvalue weighted by molar-refractivity contribution is -0.136. The first-order valence-electron chi connectivity index (χ1n) is 2.27. The predicted octanol–water partition coefficient (Wildman–Crippen LogP) is -0.520. The van der Waals surface area contributed by atoms with Crippen LogP contribution in [0.15, 0.2) is 12.0 Å². The molecule has 10 heavy (non-hydrogen) atoms. The number of carbonyl (C=O) groups excluding carboxylic acids is 1. The number of hydrogen-bond acceptors (Lipinski definition) is 4. The smallest absolute Gasteiger partial charge is 0.276 e. The van der Waals surface area contributed by atoms with Gasteiger partial charge in [-0.05, 0) is 0 Å². The topological polar surface area (TPSA) is 63.7 Å². The third-order valence-corrected chi connectivity index (χ3v) is 1.43. The maximum absolute atomic E-state index is 10.4. The minimum absolute atomic E-state index is 0.223. The zero-order valence-corrected chi connectivity index (χ0v) is 6.17. The zero-order chi connectivity index (χ0) is 8.20. The van der Waals surface area contributed by atoms with Gasteiger partial charge in [0.1, 0.15) is 0 Å². The van der Waals surface area contributed by atoms with Gasteiger partial charge >= 0.3 is 10.1 Å². The van der Waals surface area contributed by atoms with Crippen LogP contribution >= 0.6 is 0 Å². The molecule has 58 valence electrons. The Hall–Kier alpha value is -0.880. The summed E-state index contributed by atoms with van der Waals surface area (Å²) >= 11 is 0. The van der Waals surface area contributed by atoms with Crippen molar-refractivity contribution >= 4 is 16.5 Å². The highest BCUT2D eigenvalue weighted by molar-refractivity contribution is 7.89. The third kappa shape index (κ3) is 3.21. The van der Waals surface area contributed by atoms with E-state index in [2.05, 4.69) is 10.9 Å². The maximum atomic E-state index is 10.4. The van der Waals surface area contributed by atoms with Crippen molar-refractivity contribution in [2.75, 3.05) is 7.05 Å². The maximum Gasteiger partial charge on any atom is 0.310 e. The lowest BCUT2D eigenvalue weighted by atomic mass is 11.2. The normalized spacial score (nSPS) is 10.5. The molecule has 0 aliphatic heterocycles. The van der Waals surface area contributed by atoms with Crippen molar-refractivity contribution in [1.82, 2.24) is 5.06 Å². The van der Waals surface area contributed by atoms with Gasteiger partial charge in [0.25, 0.3) is 0 Å². The molecule has 5 nitrogen and oxygen atoms in total. The van der Waals surface area contributed by atoms with E-state index < -0.39 is 10.1 Å². The predicted molar refractivity (Wildman–Crippen MR) is 34.0 cm³/mol. The molecule has 0 N–H and O–H groups in total. The molecule has 0 unspecified atom stereocenters. The summed E-state index contributed by atoms with van der Waals surface area (Å²) in [4.78, 5) is 9.80. The molecule has 0 heterocycles. The molecular formula is C4H7NO4S. The van der Waals surface area contributed by atoms with Crippen LogP contribution < -0.4 is 0 Å². The number of carbonyl (C=O) groups is 1. The molecular weight excluding hydrogens is 158 g/mol. The van der Waals surface area contributed by atoms with Crippen LogP contribution in [0.4, 0.5) is 0 Å². The van der Waals surface area contributed by atoms with Gasteiger partial charge in [-0.3, -0.25) is 4.79 Å². The fourth-order valence-electron chi connectivity index (χ4n) is 0.212. The Morgan fingerprint density at radius 1 is 1.60 bits per heavy atom. The number of nitrogens with zero attached hydrogens (tertiary/aromatic N) is 1. The Morgan fingerprint density at radius 3 is 2.40 bits per heavy atom.